The summed E-state index contributed by atoms with van der Waals surface area (Å²) in [7, 11) is 0. The van der Waals surface area contributed by atoms with E-state index in [1.807, 2.05) is 30.3 Å². The molecule has 0 atom stereocenters. The van der Waals surface area contributed by atoms with E-state index in [-0.39, 0.29) is 0 Å². The van der Waals surface area contributed by atoms with E-state index in [0.717, 1.165) is 17.1 Å². The average molecular weight is 204 g/mol. The first-order valence-electron chi connectivity index (χ1n) is 3.95. The van der Waals surface area contributed by atoms with Gasteiger partial charge in [-0.05, 0) is 11.5 Å². The molecule has 0 aliphatic carbocycles. The molecule has 2 aromatic rings. The fourth-order valence-electron chi connectivity index (χ4n) is 1.13. The normalized spacial score (nSPS) is 10.9. The summed E-state index contributed by atoms with van der Waals surface area (Å²) in [6.07, 6.45) is 1.23. The lowest BCUT2D eigenvalue weighted by Gasteiger charge is -1.96. The molecule has 0 amide bonds. The average Bonchev–Trinajstić information content (AvgIpc) is 2.68. The Morgan fingerprint density at radius 2 is 2.07 bits per heavy atom. The van der Waals surface area contributed by atoms with Gasteiger partial charge in [-0.2, -0.15) is 0 Å². The van der Waals surface area contributed by atoms with Crippen LogP contribution in [0.25, 0.3) is 11.3 Å². The fourth-order valence-corrected chi connectivity index (χ4v) is 1.67. The van der Waals surface area contributed by atoms with Crippen molar-refractivity contribution in [1.29, 1.82) is 0 Å². The van der Waals surface area contributed by atoms with Crippen molar-refractivity contribution in [2.24, 2.45) is 5.16 Å². The lowest BCUT2D eigenvalue weighted by atomic mass is 10.1. The first-order chi connectivity index (χ1) is 6.92. The monoisotopic (exact) mass is 204 g/mol. The van der Waals surface area contributed by atoms with Crippen molar-refractivity contribution in [1.82, 2.24) is 9.59 Å². The Morgan fingerprint density at radius 3 is 2.79 bits per heavy atom. The van der Waals surface area contributed by atoms with Crippen LogP contribution in [-0.2, 0) is 0 Å². The first kappa shape index (κ1) is 8.83. The second kappa shape index (κ2) is 3.97. The van der Waals surface area contributed by atoms with Gasteiger partial charge in [0, 0.05) is 11.8 Å². The van der Waals surface area contributed by atoms with Crippen molar-refractivity contribution in [2.75, 3.05) is 0 Å². The van der Waals surface area contributed by atoms with E-state index in [2.05, 4.69) is 14.7 Å². The van der Waals surface area contributed by atoms with Gasteiger partial charge in [0.2, 0.25) is 0 Å². The standard InChI is InChI=1S/C9H7N3OS/c13-10-6-8-9(11-12-14-8)7-4-2-1-3-5-7/h1-6,13H/p-1/b10-6-. The molecule has 70 valence electrons. The van der Waals surface area contributed by atoms with Crippen LogP contribution < -0.4 is 0 Å². The Kier molecular flexibility index (Phi) is 2.51. The third-order valence-electron chi connectivity index (χ3n) is 1.73. The fraction of sp³-hybridized carbons (Fsp3) is 0. The van der Waals surface area contributed by atoms with Gasteiger partial charge in [-0.1, -0.05) is 34.8 Å². The molecule has 1 aromatic carbocycles. The number of hydrogen-bond acceptors (Lipinski definition) is 5. The predicted molar refractivity (Wildman–Crippen MR) is 56.3 cm³/mol. The highest BCUT2D eigenvalue weighted by Gasteiger charge is 2.06. The summed E-state index contributed by atoms with van der Waals surface area (Å²) in [5, 5.41) is 16.8. The van der Waals surface area contributed by atoms with Crippen LogP contribution in [0.15, 0.2) is 35.5 Å². The molecular formula is C9H6N3OS-. The van der Waals surface area contributed by atoms with Crippen molar-refractivity contribution in [3.05, 3.63) is 40.4 Å². The number of aromatic nitrogens is 2. The van der Waals surface area contributed by atoms with E-state index in [1.54, 1.807) is 0 Å². The maximum absolute atomic E-state index is 10.1. The molecule has 2 rings (SSSR count). The van der Waals surface area contributed by atoms with Crippen LogP contribution in [0.3, 0.4) is 0 Å². The van der Waals surface area contributed by atoms with E-state index in [1.165, 1.54) is 6.21 Å². The van der Waals surface area contributed by atoms with Crippen LogP contribution in [0.4, 0.5) is 0 Å². The van der Waals surface area contributed by atoms with Crippen LogP contribution in [0.1, 0.15) is 4.88 Å². The molecule has 5 heteroatoms. The minimum atomic E-state index is 0.686. The molecular weight excluding hydrogens is 198 g/mol. The number of hydrogen-bond donors (Lipinski definition) is 0. The van der Waals surface area contributed by atoms with Crippen LogP contribution >= 0.6 is 11.5 Å². The Hall–Kier alpha value is -1.75. The van der Waals surface area contributed by atoms with Gasteiger partial charge in [-0.25, -0.2) is 0 Å². The molecule has 0 fully saturated rings. The molecule has 0 aliphatic rings. The maximum Gasteiger partial charge on any atom is 0.114 e. The lowest BCUT2D eigenvalue weighted by molar-refractivity contribution is 1.16. The Bertz CT molecular complexity index is 438. The maximum atomic E-state index is 10.1. The third kappa shape index (κ3) is 1.62. The van der Waals surface area contributed by atoms with Gasteiger partial charge >= 0.3 is 0 Å². The highest BCUT2D eigenvalue weighted by atomic mass is 32.1. The van der Waals surface area contributed by atoms with E-state index < -0.39 is 0 Å². The quantitative estimate of drug-likeness (QED) is 0.556. The SMILES string of the molecule is [O-]/N=C\c1snnc1-c1ccccc1. The first-order valence-corrected chi connectivity index (χ1v) is 4.72. The van der Waals surface area contributed by atoms with Gasteiger partial charge in [-0.3, -0.25) is 0 Å². The zero-order valence-electron chi connectivity index (χ0n) is 7.12. The Balaban J connectivity index is 2.47. The zero-order valence-corrected chi connectivity index (χ0v) is 7.94. The van der Waals surface area contributed by atoms with Crippen LogP contribution in [0.2, 0.25) is 0 Å². The summed E-state index contributed by atoms with van der Waals surface area (Å²) < 4.78 is 3.78. The molecule has 1 aromatic heterocycles. The molecule has 0 saturated carbocycles. The van der Waals surface area contributed by atoms with Gasteiger partial charge in [-0.15, -0.1) is 5.10 Å². The van der Waals surface area contributed by atoms with Crippen LogP contribution in [-0.4, -0.2) is 15.8 Å². The molecule has 0 unspecified atom stereocenters. The molecule has 0 aliphatic heterocycles. The van der Waals surface area contributed by atoms with E-state index in [9.17, 15) is 5.21 Å². The van der Waals surface area contributed by atoms with Gasteiger partial charge in [0.05, 0.1) is 4.88 Å². The summed E-state index contributed by atoms with van der Waals surface area (Å²) in [5.41, 5.74) is 1.64. The number of rotatable bonds is 2. The van der Waals surface area contributed by atoms with Crippen molar-refractivity contribution in [3.8, 4) is 11.3 Å². The second-order valence-corrected chi connectivity index (χ2v) is 3.37. The van der Waals surface area contributed by atoms with Crippen molar-refractivity contribution < 1.29 is 0 Å². The molecule has 0 radical (unpaired) electrons. The molecule has 1 heterocycles. The minimum Gasteiger partial charge on any atom is -0.792 e. The second-order valence-electron chi connectivity index (χ2n) is 2.59. The smallest absolute Gasteiger partial charge is 0.114 e. The molecule has 0 spiro atoms. The summed E-state index contributed by atoms with van der Waals surface area (Å²) in [6.45, 7) is 0. The molecule has 0 saturated heterocycles. The van der Waals surface area contributed by atoms with Gasteiger partial charge in [0.1, 0.15) is 5.69 Å². The highest BCUT2D eigenvalue weighted by molar-refractivity contribution is 7.08. The lowest BCUT2D eigenvalue weighted by Crippen LogP contribution is -1.83. The van der Waals surface area contributed by atoms with Crippen molar-refractivity contribution >= 4 is 17.7 Å². The molecule has 14 heavy (non-hydrogen) atoms. The third-order valence-corrected chi connectivity index (χ3v) is 2.39. The van der Waals surface area contributed by atoms with Crippen molar-refractivity contribution in [3.63, 3.8) is 0 Å². The van der Waals surface area contributed by atoms with Crippen molar-refractivity contribution in [2.45, 2.75) is 0 Å². The van der Waals surface area contributed by atoms with E-state index >= 15 is 0 Å². The predicted octanol–water partition coefficient (Wildman–Crippen LogP) is 2.12. The minimum absolute atomic E-state index is 0.686. The van der Waals surface area contributed by atoms with Gasteiger partial charge in [0.25, 0.3) is 0 Å². The number of benzene rings is 1. The zero-order chi connectivity index (χ0) is 9.80. The topological polar surface area (TPSA) is 61.2 Å². The Morgan fingerprint density at radius 1 is 1.29 bits per heavy atom. The number of nitrogens with zero attached hydrogens (tertiary/aromatic N) is 3. The largest absolute Gasteiger partial charge is 0.792 e. The summed E-state index contributed by atoms with van der Waals surface area (Å²) in [6, 6.07) is 9.57. The van der Waals surface area contributed by atoms with Crippen LogP contribution in [0, 0.1) is 5.21 Å². The summed E-state index contributed by atoms with van der Waals surface area (Å²) in [4.78, 5) is 0.686. The van der Waals surface area contributed by atoms with E-state index in [4.69, 9.17) is 0 Å². The van der Waals surface area contributed by atoms with Gasteiger partial charge in [0.15, 0.2) is 0 Å². The highest BCUT2D eigenvalue weighted by Crippen LogP contribution is 2.21. The summed E-state index contributed by atoms with van der Waals surface area (Å²) in [5.74, 6) is 0. The molecule has 4 nitrogen and oxygen atoms in total. The Labute approximate surface area is 84.7 Å². The molecule has 0 N–H and O–H groups in total. The molecule has 0 bridgehead atoms. The van der Waals surface area contributed by atoms with Crippen LogP contribution in [0.5, 0.6) is 0 Å². The van der Waals surface area contributed by atoms with Gasteiger partial charge < -0.3 is 10.4 Å². The summed E-state index contributed by atoms with van der Waals surface area (Å²) >= 11 is 1.16. The van der Waals surface area contributed by atoms with E-state index in [0.29, 0.717) is 10.6 Å².